The third kappa shape index (κ3) is 3.19. The summed E-state index contributed by atoms with van der Waals surface area (Å²) < 4.78 is 0. The maximum atomic E-state index is 5.82. The zero-order chi connectivity index (χ0) is 9.97. The molecule has 2 rings (SSSR count). The molecule has 15 heavy (non-hydrogen) atoms. The number of piperidine rings is 1. The maximum Gasteiger partial charge on any atom is 0.134 e. The van der Waals surface area contributed by atoms with Crippen LogP contribution in [0.5, 0.6) is 0 Å². The molecule has 1 saturated heterocycles. The van der Waals surface area contributed by atoms with Gasteiger partial charge in [0.15, 0.2) is 0 Å². The summed E-state index contributed by atoms with van der Waals surface area (Å²) in [5, 5.41) is 0.491. The smallest absolute Gasteiger partial charge is 0.134 e. The zero-order valence-electron chi connectivity index (χ0n) is 8.27. The summed E-state index contributed by atoms with van der Waals surface area (Å²) in [7, 11) is 0. The molecular formula is C9H14Cl2N4. The van der Waals surface area contributed by atoms with Gasteiger partial charge in [0.1, 0.15) is 17.3 Å². The Kier molecular flexibility index (Phi) is 4.57. The van der Waals surface area contributed by atoms with Gasteiger partial charge in [0.2, 0.25) is 0 Å². The summed E-state index contributed by atoms with van der Waals surface area (Å²) in [5.41, 5.74) is 5.82. The van der Waals surface area contributed by atoms with E-state index in [1.54, 1.807) is 6.07 Å². The molecule has 0 amide bonds. The van der Waals surface area contributed by atoms with E-state index in [-0.39, 0.29) is 12.4 Å². The molecule has 0 aromatic carbocycles. The van der Waals surface area contributed by atoms with E-state index in [9.17, 15) is 0 Å². The summed E-state index contributed by atoms with van der Waals surface area (Å²) in [6.45, 7) is 1.91. The van der Waals surface area contributed by atoms with Crippen LogP contribution in [0.3, 0.4) is 0 Å². The molecule has 0 atom stereocenters. The van der Waals surface area contributed by atoms with Gasteiger partial charge in [-0.15, -0.1) is 12.4 Å². The lowest BCUT2D eigenvalue weighted by atomic mass is 10.1. The first-order valence-electron chi connectivity index (χ1n) is 4.74. The average Bonchev–Trinajstić information content (AvgIpc) is 2.19. The first kappa shape index (κ1) is 12.5. The van der Waals surface area contributed by atoms with Crippen LogP contribution in [0, 0.1) is 0 Å². The second-order valence-corrected chi connectivity index (χ2v) is 3.91. The van der Waals surface area contributed by atoms with Crippen molar-refractivity contribution in [3.63, 3.8) is 0 Å². The van der Waals surface area contributed by atoms with Crippen molar-refractivity contribution in [2.24, 2.45) is 5.73 Å². The highest BCUT2D eigenvalue weighted by Gasteiger charge is 2.17. The van der Waals surface area contributed by atoms with Crippen LogP contribution in [0.15, 0.2) is 12.4 Å². The van der Waals surface area contributed by atoms with Gasteiger partial charge in [-0.05, 0) is 12.8 Å². The highest BCUT2D eigenvalue weighted by Crippen LogP contribution is 2.18. The van der Waals surface area contributed by atoms with Crippen LogP contribution >= 0.6 is 24.0 Å². The fraction of sp³-hybridized carbons (Fsp3) is 0.556. The van der Waals surface area contributed by atoms with Crippen molar-refractivity contribution >= 4 is 29.8 Å². The Bertz CT molecular complexity index is 313. The van der Waals surface area contributed by atoms with E-state index in [1.807, 2.05) is 0 Å². The van der Waals surface area contributed by atoms with Crippen molar-refractivity contribution < 1.29 is 0 Å². The molecule has 2 heterocycles. The lowest BCUT2D eigenvalue weighted by Crippen LogP contribution is -2.40. The number of halogens is 2. The Morgan fingerprint density at radius 1 is 1.33 bits per heavy atom. The minimum Gasteiger partial charge on any atom is -0.356 e. The molecule has 0 radical (unpaired) electrons. The Morgan fingerprint density at radius 2 is 2.00 bits per heavy atom. The fourth-order valence-corrected chi connectivity index (χ4v) is 1.77. The third-order valence-electron chi connectivity index (χ3n) is 2.48. The summed E-state index contributed by atoms with van der Waals surface area (Å²) in [6.07, 6.45) is 3.52. The normalized spacial score (nSPS) is 17.3. The predicted molar refractivity (Wildman–Crippen MR) is 63.7 cm³/mol. The molecule has 1 aromatic heterocycles. The number of anilines is 1. The fourth-order valence-electron chi connectivity index (χ4n) is 1.63. The Hall–Kier alpha value is -0.580. The van der Waals surface area contributed by atoms with Crippen LogP contribution in [0.25, 0.3) is 0 Å². The van der Waals surface area contributed by atoms with Crippen molar-refractivity contribution in [2.45, 2.75) is 18.9 Å². The van der Waals surface area contributed by atoms with Gasteiger partial charge in [0.05, 0.1) is 0 Å². The van der Waals surface area contributed by atoms with Crippen molar-refractivity contribution in [3.05, 3.63) is 17.5 Å². The second-order valence-electron chi connectivity index (χ2n) is 3.52. The van der Waals surface area contributed by atoms with Gasteiger partial charge in [-0.3, -0.25) is 0 Å². The molecule has 1 fully saturated rings. The summed E-state index contributed by atoms with van der Waals surface area (Å²) in [6, 6.07) is 2.13. The number of hydrogen-bond acceptors (Lipinski definition) is 4. The molecular weight excluding hydrogens is 235 g/mol. The van der Waals surface area contributed by atoms with Crippen LogP contribution in [-0.4, -0.2) is 29.1 Å². The molecule has 2 N–H and O–H groups in total. The van der Waals surface area contributed by atoms with Gasteiger partial charge >= 0.3 is 0 Å². The van der Waals surface area contributed by atoms with Crippen molar-refractivity contribution in [2.75, 3.05) is 18.0 Å². The Morgan fingerprint density at radius 3 is 2.60 bits per heavy atom. The minimum absolute atomic E-state index is 0. The van der Waals surface area contributed by atoms with Crippen LogP contribution < -0.4 is 10.6 Å². The van der Waals surface area contributed by atoms with Gasteiger partial charge in [-0.25, -0.2) is 9.97 Å². The quantitative estimate of drug-likeness (QED) is 0.766. The van der Waals surface area contributed by atoms with E-state index < -0.39 is 0 Å². The average molecular weight is 249 g/mol. The minimum atomic E-state index is 0. The second kappa shape index (κ2) is 5.49. The number of aromatic nitrogens is 2. The Labute approximate surface area is 100 Å². The summed E-state index contributed by atoms with van der Waals surface area (Å²) >= 11 is 5.79. The van der Waals surface area contributed by atoms with E-state index in [0.29, 0.717) is 11.2 Å². The predicted octanol–water partition coefficient (Wildman–Crippen LogP) is 1.48. The lowest BCUT2D eigenvalue weighted by molar-refractivity contribution is 0.498. The van der Waals surface area contributed by atoms with Crippen molar-refractivity contribution in [1.29, 1.82) is 0 Å². The van der Waals surface area contributed by atoms with E-state index in [1.165, 1.54) is 6.33 Å². The standard InChI is InChI=1S/C9H13ClN4.ClH/c10-8-5-9(13-6-12-8)14-3-1-7(11)2-4-14;/h5-7H,1-4,11H2;1H. The first-order valence-corrected chi connectivity index (χ1v) is 5.11. The molecule has 0 unspecified atom stereocenters. The van der Waals surface area contributed by atoms with E-state index >= 15 is 0 Å². The number of nitrogens with two attached hydrogens (primary N) is 1. The van der Waals surface area contributed by atoms with E-state index in [4.69, 9.17) is 17.3 Å². The van der Waals surface area contributed by atoms with E-state index in [0.717, 1.165) is 31.7 Å². The molecule has 0 aliphatic carbocycles. The molecule has 0 bridgehead atoms. The third-order valence-corrected chi connectivity index (χ3v) is 2.69. The molecule has 0 saturated carbocycles. The zero-order valence-corrected chi connectivity index (χ0v) is 9.84. The molecule has 1 aliphatic rings. The largest absolute Gasteiger partial charge is 0.356 e. The molecule has 4 nitrogen and oxygen atoms in total. The molecule has 0 spiro atoms. The van der Waals surface area contributed by atoms with Crippen LogP contribution in [0.4, 0.5) is 5.82 Å². The first-order chi connectivity index (χ1) is 6.75. The molecule has 6 heteroatoms. The van der Waals surface area contributed by atoms with Gasteiger partial charge in [-0.1, -0.05) is 11.6 Å². The van der Waals surface area contributed by atoms with Crippen molar-refractivity contribution in [1.82, 2.24) is 9.97 Å². The lowest BCUT2D eigenvalue weighted by Gasteiger charge is -2.30. The van der Waals surface area contributed by atoms with Crippen LogP contribution in [-0.2, 0) is 0 Å². The van der Waals surface area contributed by atoms with Gasteiger partial charge in [0.25, 0.3) is 0 Å². The molecule has 1 aliphatic heterocycles. The number of rotatable bonds is 1. The maximum absolute atomic E-state index is 5.82. The Balaban J connectivity index is 0.00000112. The van der Waals surface area contributed by atoms with Gasteiger partial charge in [0, 0.05) is 25.2 Å². The van der Waals surface area contributed by atoms with E-state index in [2.05, 4.69) is 14.9 Å². The topological polar surface area (TPSA) is 55.0 Å². The molecule has 1 aromatic rings. The highest BCUT2D eigenvalue weighted by molar-refractivity contribution is 6.29. The van der Waals surface area contributed by atoms with Gasteiger partial charge < -0.3 is 10.6 Å². The highest BCUT2D eigenvalue weighted by atomic mass is 35.5. The summed E-state index contributed by atoms with van der Waals surface area (Å²) in [5.74, 6) is 0.900. The van der Waals surface area contributed by atoms with Crippen molar-refractivity contribution in [3.8, 4) is 0 Å². The van der Waals surface area contributed by atoms with Crippen LogP contribution in [0.2, 0.25) is 5.15 Å². The van der Waals surface area contributed by atoms with Crippen LogP contribution in [0.1, 0.15) is 12.8 Å². The van der Waals surface area contributed by atoms with Gasteiger partial charge in [-0.2, -0.15) is 0 Å². The number of hydrogen-bond donors (Lipinski definition) is 1. The number of nitrogens with zero attached hydrogens (tertiary/aromatic N) is 3. The SMILES string of the molecule is Cl.NC1CCN(c2cc(Cl)ncn2)CC1. The molecule has 84 valence electrons. The monoisotopic (exact) mass is 248 g/mol. The summed E-state index contributed by atoms with van der Waals surface area (Å²) in [4.78, 5) is 10.2.